The third-order valence-corrected chi connectivity index (χ3v) is 4.74. The number of amides is 1. The van der Waals surface area contributed by atoms with Gasteiger partial charge in [-0.25, -0.2) is 0 Å². The molecule has 0 radical (unpaired) electrons. The van der Waals surface area contributed by atoms with Gasteiger partial charge in [0.15, 0.2) is 0 Å². The molecule has 3 aromatic carbocycles. The zero-order chi connectivity index (χ0) is 17.6. The Hall–Kier alpha value is -1.86. The number of ether oxygens (including phenoxy) is 1. The minimum atomic E-state index is -0.203. The van der Waals surface area contributed by atoms with Crippen LogP contribution in [0.15, 0.2) is 77.3 Å². The number of benzene rings is 3. The fourth-order valence-corrected chi connectivity index (χ4v) is 2.99. The molecule has 0 bridgehead atoms. The van der Waals surface area contributed by atoms with Gasteiger partial charge in [0, 0.05) is 13.7 Å². The fourth-order valence-electron chi connectivity index (χ4n) is 2.27. The second-order valence-electron chi connectivity index (χ2n) is 5.38. The predicted octanol–water partition coefficient (Wildman–Crippen LogP) is 5.89. The highest BCUT2D eigenvalue weighted by atomic mass is 127. The van der Waals surface area contributed by atoms with Gasteiger partial charge in [-0.2, -0.15) is 0 Å². The van der Waals surface area contributed by atoms with Crippen LogP contribution in [0.3, 0.4) is 0 Å². The summed E-state index contributed by atoms with van der Waals surface area (Å²) in [7, 11) is 0. The van der Waals surface area contributed by atoms with E-state index in [2.05, 4.69) is 43.8 Å². The molecular formula is C20H15BrINO2. The lowest BCUT2D eigenvalue weighted by Crippen LogP contribution is -2.13. The van der Waals surface area contributed by atoms with E-state index in [0.717, 1.165) is 19.3 Å². The Bertz CT molecular complexity index is 867. The fraction of sp³-hybridized carbons (Fsp3) is 0.0500. The van der Waals surface area contributed by atoms with Crippen LogP contribution in [0.25, 0.3) is 0 Å². The number of hydrogen-bond acceptors (Lipinski definition) is 2. The highest BCUT2D eigenvalue weighted by Crippen LogP contribution is 2.25. The first-order chi connectivity index (χ1) is 12.1. The number of nitrogens with one attached hydrogen (secondary N) is 1. The Kier molecular flexibility index (Phi) is 6.09. The Morgan fingerprint density at radius 3 is 2.44 bits per heavy atom. The van der Waals surface area contributed by atoms with Gasteiger partial charge in [0.05, 0.1) is 5.56 Å². The van der Waals surface area contributed by atoms with Crippen LogP contribution in [-0.4, -0.2) is 5.91 Å². The van der Waals surface area contributed by atoms with Crippen LogP contribution in [0.5, 0.6) is 5.75 Å². The minimum Gasteiger partial charge on any atom is -0.488 e. The molecule has 0 atom stereocenters. The summed E-state index contributed by atoms with van der Waals surface area (Å²) in [5.41, 5.74) is 2.29. The molecule has 0 aliphatic heterocycles. The van der Waals surface area contributed by atoms with Crippen molar-refractivity contribution in [1.82, 2.24) is 0 Å². The molecule has 0 aliphatic carbocycles. The molecule has 3 aromatic rings. The van der Waals surface area contributed by atoms with E-state index in [4.69, 9.17) is 4.74 Å². The minimum absolute atomic E-state index is 0.203. The average Bonchev–Trinajstić information content (AvgIpc) is 2.63. The van der Waals surface area contributed by atoms with Gasteiger partial charge in [0.1, 0.15) is 12.4 Å². The average molecular weight is 508 g/mol. The molecule has 126 valence electrons. The SMILES string of the molecule is O=C(Nc1ccc(I)cc1)c1cc(Br)ccc1OCc1ccccc1. The molecule has 0 fully saturated rings. The lowest BCUT2D eigenvalue weighted by Gasteiger charge is -2.12. The number of carbonyl (C=O) groups excluding carboxylic acids is 1. The topological polar surface area (TPSA) is 38.3 Å². The van der Waals surface area contributed by atoms with Crippen molar-refractivity contribution in [1.29, 1.82) is 0 Å². The molecule has 0 unspecified atom stereocenters. The van der Waals surface area contributed by atoms with Gasteiger partial charge in [-0.05, 0) is 70.6 Å². The Balaban J connectivity index is 1.78. The van der Waals surface area contributed by atoms with Crippen molar-refractivity contribution in [3.05, 3.63) is 92.0 Å². The molecule has 0 saturated carbocycles. The number of hydrogen-bond donors (Lipinski definition) is 1. The zero-order valence-electron chi connectivity index (χ0n) is 13.2. The van der Waals surface area contributed by atoms with Gasteiger partial charge in [-0.15, -0.1) is 0 Å². The van der Waals surface area contributed by atoms with E-state index in [1.807, 2.05) is 60.7 Å². The first-order valence-corrected chi connectivity index (χ1v) is 9.52. The summed E-state index contributed by atoms with van der Waals surface area (Å²) in [6.07, 6.45) is 0. The normalized spacial score (nSPS) is 10.3. The van der Waals surface area contributed by atoms with Crippen molar-refractivity contribution in [3.63, 3.8) is 0 Å². The summed E-state index contributed by atoms with van der Waals surface area (Å²) in [6, 6.07) is 22.9. The van der Waals surface area contributed by atoms with Gasteiger partial charge in [0.2, 0.25) is 0 Å². The number of halogens is 2. The smallest absolute Gasteiger partial charge is 0.259 e. The van der Waals surface area contributed by atoms with Gasteiger partial charge in [0.25, 0.3) is 5.91 Å². The first kappa shape index (κ1) is 17.9. The molecule has 0 heterocycles. The molecule has 0 aromatic heterocycles. The second-order valence-corrected chi connectivity index (χ2v) is 7.54. The van der Waals surface area contributed by atoms with E-state index in [1.54, 1.807) is 12.1 Å². The van der Waals surface area contributed by atoms with E-state index in [-0.39, 0.29) is 5.91 Å². The Labute approximate surface area is 168 Å². The van der Waals surface area contributed by atoms with E-state index in [9.17, 15) is 4.79 Å². The van der Waals surface area contributed by atoms with E-state index in [0.29, 0.717) is 17.9 Å². The van der Waals surface area contributed by atoms with Crippen LogP contribution in [0.4, 0.5) is 5.69 Å². The standard InChI is InChI=1S/C20H15BrINO2/c21-15-6-11-19(25-13-14-4-2-1-3-5-14)18(12-15)20(24)23-17-9-7-16(22)8-10-17/h1-12H,13H2,(H,23,24). The second kappa shape index (κ2) is 8.49. The third kappa shape index (κ3) is 5.06. The van der Waals surface area contributed by atoms with Crippen LogP contribution in [0, 0.1) is 3.57 Å². The van der Waals surface area contributed by atoms with Crippen molar-refractivity contribution in [2.75, 3.05) is 5.32 Å². The molecule has 25 heavy (non-hydrogen) atoms. The lowest BCUT2D eigenvalue weighted by molar-refractivity contribution is 0.102. The van der Waals surface area contributed by atoms with Crippen molar-refractivity contribution in [2.45, 2.75) is 6.61 Å². The Morgan fingerprint density at radius 1 is 1.00 bits per heavy atom. The van der Waals surface area contributed by atoms with E-state index in [1.165, 1.54) is 0 Å². The predicted molar refractivity (Wildman–Crippen MR) is 112 cm³/mol. The molecule has 5 heteroatoms. The highest BCUT2D eigenvalue weighted by molar-refractivity contribution is 14.1. The molecule has 1 amide bonds. The number of anilines is 1. The third-order valence-electron chi connectivity index (χ3n) is 3.53. The molecular weight excluding hydrogens is 493 g/mol. The summed E-state index contributed by atoms with van der Waals surface area (Å²) < 4.78 is 7.82. The van der Waals surface area contributed by atoms with Crippen molar-refractivity contribution >= 4 is 50.1 Å². The van der Waals surface area contributed by atoms with Gasteiger partial charge >= 0.3 is 0 Å². The van der Waals surface area contributed by atoms with Gasteiger partial charge in [-0.3, -0.25) is 4.79 Å². The summed E-state index contributed by atoms with van der Waals surface area (Å²) in [6.45, 7) is 0.409. The lowest BCUT2D eigenvalue weighted by atomic mass is 10.1. The van der Waals surface area contributed by atoms with Crippen molar-refractivity contribution < 1.29 is 9.53 Å². The van der Waals surface area contributed by atoms with Crippen LogP contribution in [0.2, 0.25) is 0 Å². The van der Waals surface area contributed by atoms with Crippen molar-refractivity contribution in [3.8, 4) is 5.75 Å². The summed E-state index contributed by atoms with van der Waals surface area (Å²) in [5.74, 6) is 0.348. The molecule has 3 nitrogen and oxygen atoms in total. The Morgan fingerprint density at radius 2 is 1.72 bits per heavy atom. The van der Waals surface area contributed by atoms with Crippen LogP contribution >= 0.6 is 38.5 Å². The maximum Gasteiger partial charge on any atom is 0.259 e. The van der Waals surface area contributed by atoms with Gasteiger partial charge < -0.3 is 10.1 Å². The van der Waals surface area contributed by atoms with Crippen LogP contribution in [-0.2, 0) is 6.61 Å². The zero-order valence-corrected chi connectivity index (χ0v) is 17.0. The molecule has 0 aliphatic rings. The maximum absolute atomic E-state index is 12.7. The molecule has 0 saturated heterocycles. The molecule has 1 N–H and O–H groups in total. The maximum atomic E-state index is 12.7. The quantitative estimate of drug-likeness (QED) is 0.437. The number of rotatable bonds is 5. The van der Waals surface area contributed by atoms with E-state index >= 15 is 0 Å². The first-order valence-electron chi connectivity index (χ1n) is 7.65. The van der Waals surface area contributed by atoms with Crippen molar-refractivity contribution in [2.24, 2.45) is 0 Å². The summed E-state index contributed by atoms with van der Waals surface area (Å²) in [4.78, 5) is 12.7. The molecule has 3 rings (SSSR count). The van der Waals surface area contributed by atoms with E-state index < -0.39 is 0 Å². The van der Waals surface area contributed by atoms with Crippen LogP contribution in [0.1, 0.15) is 15.9 Å². The highest BCUT2D eigenvalue weighted by Gasteiger charge is 2.14. The van der Waals surface area contributed by atoms with Crippen LogP contribution < -0.4 is 10.1 Å². The number of carbonyl (C=O) groups is 1. The summed E-state index contributed by atoms with van der Waals surface area (Å²) in [5, 5.41) is 2.91. The summed E-state index contributed by atoms with van der Waals surface area (Å²) >= 11 is 5.65. The van der Waals surface area contributed by atoms with Gasteiger partial charge in [-0.1, -0.05) is 46.3 Å². The largest absolute Gasteiger partial charge is 0.488 e. The monoisotopic (exact) mass is 507 g/mol. The molecule has 0 spiro atoms.